The number of nitrogens with zero attached hydrogens (tertiary/aromatic N) is 1. The molecule has 1 aromatic rings. The Labute approximate surface area is 118 Å². The number of nitrogens with one attached hydrogen (secondary N) is 2. The van der Waals surface area contributed by atoms with Gasteiger partial charge in [-0.05, 0) is 24.7 Å². The number of rotatable bonds is 5. The second kappa shape index (κ2) is 6.15. The average molecular weight is 280 g/mol. The molecular weight excluding hydrogens is 256 g/mol. The number of aromatic nitrogens is 2. The summed E-state index contributed by atoms with van der Waals surface area (Å²) in [6.07, 6.45) is 4.89. The van der Waals surface area contributed by atoms with Crippen molar-refractivity contribution in [2.45, 2.75) is 46.1 Å². The molecule has 6 nitrogen and oxygen atoms in total. The number of hydrogen-bond acceptors (Lipinski definition) is 4. The number of anilines is 2. The molecule has 0 saturated heterocycles. The van der Waals surface area contributed by atoms with Crippen molar-refractivity contribution < 1.29 is 0 Å². The predicted octanol–water partition coefficient (Wildman–Crippen LogP) is 1.38. The predicted molar refractivity (Wildman–Crippen MR) is 81.0 cm³/mol. The van der Waals surface area contributed by atoms with Gasteiger partial charge in [0.2, 0.25) is 0 Å². The topological polar surface area (TPSA) is 92.9 Å². The summed E-state index contributed by atoms with van der Waals surface area (Å²) in [7, 11) is 0. The third-order valence-electron chi connectivity index (χ3n) is 3.83. The molecular formula is C14H24N4O2. The molecule has 1 saturated carbocycles. The van der Waals surface area contributed by atoms with Crippen LogP contribution >= 0.6 is 0 Å². The minimum atomic E-state index is -0.437. The summed E-state index contributed by atoms with van der Waals surface area (Å²) in [6.45, 7) is 5.25. The lowest BCUT2D eigenvalue weighted by atomic mass is 10.1. The van der Waals surface area contributed by atoms with Crippen molar-refractivity contribution in [2.24, 2.45) is 11.8 Å². The van der Waals surface area contributed by atoms with Crippen LogP contribution in [0.1, 0.15) is 39.5 Å². The van der Waals surface area contributed by atoms with Gasteiger partial charge in [-0.25, -0.2) is 4.79 Å². The van der Waals surface area contributed by atoms with E-state index >= 15 is 0 Å². The van der Waals surface area contributed by atoms with Crippen molar-refractivity contribution in [3.05, 3.63) is 20.8 Å². The van der Waals surface area contributed by atoms with Crippen molar-refractivity contribution in [1.29, 1.82) is 0 Å². The Morgan fingerprint density at radius 1 is 1.35 bits per heavy atom. The Kier molecular flexibility index (Phi) is 4.52. The number of hydrogen-bond donors (Lipinski definition) is 3. The number of aromatic amines is 1. The zero-order chi connectivity index (χ0) is 14.7. The summed E-state index contributed by atoms with van der Waals surface area (Å²) in [6, 6.07) is 0. The minimum Gasteiger partial charge on any atom is -0.383 e. The van der Waals surface area contributed by atoms with Crippen LogP contribution in [-0.4, -0.2) is 16.1 Å². The Balaban J connectivity index is 2.22. The van der Waals surface area contributed by atoms with Crippen LogP contribution in [0.15, 0.2) is 9.59 Å². The van der Waals surface area contributed by atoms with Gasteiger partial charge < -0.3 is 11.1 Å². The fourth-order valence-corrected chi connectivity index (χ4v) is 2.77. The normalized spacial score (nSPS) is 15.9. The van der Waals surface area contributed by atoms with E-state index in [4.69, 9.17) is 5.73 Å². The maximum Gasteiger partial charge on any atom is 0.330 e. The second-order valence-electron chi connectivity index (χ2n) is 6.06. The summed E-state index contributed by atoms with van der Waals surface area (Å²) in [5.41, 5.74) is 5.47. The molecule has 112 valence electrons. The van der Waals surface area contributed by atoms with E-state index in [9.17, 15) is 9.59 Å². The van der Waals surface area contributed by atoms with Crippen LogP contribution in [0.4, 0.5) is 11.5 Å². The molecule has 0 amide bonds. The third kappa shape index (κ3) is 3.23. The molecule has 6 heteroatoms. The van der Waals surface area contributed by atoms with Gasteiger partial charge in [-0.1, -0.05) is 26.7 Å². The van der Waals surface area contributed by atoms with E-state index in [2.05, 4.69) is 10.3 Å². The first-order valence-corrected chi connectivity index (χ1v) is 7.35. The van der Waals surface area contributed by atoms with Crippen LogP contribution in [0.2, 0.25) is 0 Å². The lowest BCUT2D eigenvalue weighted by Gasteiger charge is -2.17. The van der Waals surface area contributed by atoms with Crippen LogP contribution < -0.4 is 22.3 Å². The summed E-state index contributed by atoms with van der Waals surface area (Å²) in [5, 5.41) is 3.14. The molecule has 0 atom stereocenters. The molecule has 0 spiro atoms. The van der Waals surface area contributed by atoms with E-state index in [1.807, 2.05) is 13.8 Å². The largest absolute Gasteiger partial charge is 0.383 e. The van der Waals surface area contributed by atoms with Crippen molar-refractivity contribution in [3.63, 3.8) is 0 Å². The Bertz CT molecular complexity index is 568. The molecule has 2 rings (SSSR count). The SMILES string of the molecule is CC(C)Cn1c(N)c(NCC2CCCC2)c(=O)[nH]c1=O. The molecule has 1 aliphatic carbocycles. The number of nitrogen functional groups attached to an aromatic ring is 1. The Morgan fingerprint density at radius 2 is 2.00 bits per heavy atom. The van der Waals surface area contributed by atoms with Crippen LogP contribution in [0.3, 0.4) is 0 Å². The van der Waals surface area contributed by atoms with Gasteiger partial charge in [0.25, 0.3) is 5.56 Å². The lowest BCUT2D eigenvalue weighted by Crippen LogP contribution is -2.35. The second-order valence-corrected chi connectivity index (χ2v) is 6.06. The summed E-state index contributed by atoms with van der Waals surface area (Å²) in [5.74, 6) is 1.12. The molecule has 1 fully saturated rings. The first kappa shape index (κ1) is 14.7. The first-order chi connectivity index (χ1) is 9.49. The molecule has 0 radical (unpaired) electrons. The average Bonchev–Trinajstić information content (AvgIpc) is 2.87. The molecule has 0 bridgehead atoms. The molecule has 1 heterocycles. The van der Waals surface area contributed by atoms with Crippen molar-refractivity contribution in [3.8, 4) is 0 Å². The highest BCUT2D eigenvalue weighted by atomic mass is 16.2. The van der Waals surface area contributed by atoms with Crippen LogP contribution in [0.5, 0.6) is 0 Å². The molecule has 0 unspecified atom stereocenters. The van der Waals surface area contributed by atoms with Gasteiger partial charge in [0.1, 0.15) is 11.5 Å². The monoisotopic (exact) mass is 280 g/mol. The van der Waals surface area contributed by atoms with E-state index in [0.29, 0.717) is 18.2 Å². The van der Waals surface area contributed by atoms with E-state index in [0.717, 1.165) is 6.54 Å². The Hall–Kier alpha value is -1.72. The summed E-state index contributed by atoms with van der Waals surface area (Å²) in [4.78, 5) is 26.0. The van der Waals surface area contributed by atoms with Gasteiger partial charge in [-0.15, -0.1) is 0 Å². The highest BCUT2D eigenvalue weighted by molar-refractivity contribution is 5.60. The summed E-state index contributed by atoms with van der Waals surface area (Å²) >= 11 is 0. The standard InChI is InChI=1S/C14H24N4O2/c1-9(2)8-18-12(15)11(13(19)17-14(18)20)16-7-10-5-3-4-6-10/h9-10,16H,3-8,15H2,1-2H3,(H,17,19,20). The minimum absolute atomic E-state index is 0.241. The zero-order valence-electron chi connectivity index (χ0n) is 12.2. The van der Waals surface area contributed by atoms with Gasteiger partial charge in [-0.2, -0.15) is 0 Å². The van der Waals surface area contributed by atoms with Crippen LogP contribution in [-0.2, 0) is 6.54 Å². The van der Waals surface area contributed by atoms with Gasteiger partial charge in [0.15, 0.2) is 0 Å². The van der Waals surface area contributed by atoms with E-state index in [-0.39, 0.29) is 11.7 Å². The third-order valence-corrected chi connectivity index (χ3v) is 3.83. The van der Waals surface area contributed by atoms with Gasteiger partial charge >= 0.3 is 5.69 Å². The summed E-state index contributed by atoms with van der Waals surface area (Å²) < 4.78 is 1.43. The van der Waals surface area contributed by atoms with E-state index in [1.165, 1.54) is 30.3 Å². The molecule has 1 aliphatic rings. The fraction of sp³-hybridized carbons (Fsp3) is 0.714. The molecule has 4 N–H and O–H groups in total. The Morgan fingerprint density at radius 3 is 2.60 bits per heavy atom. The number of H-pyrrole nitrogens is 1. The van der Waals surface area contributed by atoms with Crippen LogP contribution in [0.25, 0.3) is 0 Å². The van der Waals surface area contributed by atoms with E-state index in [1.54, 1.807) is 0 Å². The van der Waals surface area contributed by atoms with E-state index < -0.39 is 11.2 Å². The van der Waals surface area contributed by atoms with Crippen LogP contribution in [0, 0.1) is 11.8 Å². The van der Waals surface area contributed by atoms with Crippen molar-refractivity contribution in [1.82, 2.24) is 9.55 Å². The van der Waals surface area contributed by atoms with Crippen molar-refractivity contribution in [2.75, 3.05) is 17.6 Å². The molecule has 0 aromatic carbocycles. The quantitative estimate of drug-likeness (QED) is 0.759. The fourth-order valence-electron chi connectivity index (χ4n) is 2.77. The zero-order valence-corrected chi connectivity index (χ0v) is 12.2. The van der Waals surface area contributed by atoms with Gasteiger partial charge in [0, 0.05) is 13.1 Å². The molecule has 20 heavy (non-hydrogen) atoms. The van der Waals surface area contributed by atoms with Crippen molar-refractivity contribution >= 4 is 11.5 Å². The molecule has 0 aliphatic heterocycles. The lowest BCUT2D eigenvalue weighted by molar-refractivity contribution is 0.507. The molecule has 1 aromatic heterocycles. The highest BCUT2D eigenvalue weighted by Gasteiger charge is 2.17. The number of nitrogens with two attached hydrogens (primary N) is 1. The first-order valence-electron chi connectivity index (χ1n) is 7.35. The smallest absolute Gasteiger partial charge is 0.330 e. The maximum absolute atomic E-state index is 11.9. The highest BCUT2D eigenvalue weighted by Crippen LogP contribution is 2.25. The maximum atomic E-state index is 11.9. The van der Waals surface area contributed by atoms with Gasteiger partial charge in [0.05, 0.1) is 0 Å². The van der Waals surface area contributed by atoms with Gasteiger partial charge in [-0.3, -0.25) is 14.3 Å².